The molecule has 36 heavy (non-hydrogen) atoms. The third-order valence-electron chi connectivity index (χ3n) is 5.19. The molecule has 0 aliphatic heterocycles. The van der Waals surface area contributed by atoms with Gasteiger partial charge in [0.1, 0.15) is 17.6 Å². The highest BCUT2D eigenvalue weighted by Crippen LogP contribution is 2.35. The van der Waals surface area contributed by atoms with Crippen molar-refractivity contribution < 1.29 is 29.4 Å². The quantitative estimate of drug-likeness (QED) is 0.0997. The lowest BCUT2D eigenvalue weighted by atomic mass is 9.99. The smallest absolute Gasteiger partial charge is 0.412 e. The van der Waals surface area contributed by atoms with Crippen molar-refractivity contribution in [1.29, 1.82) is 0 Å². The summed E-state index contributed by atoms with van der Waals surface area (Å²) in [7, 11) is 0. The Morgan fingerprint density at radius 2 is 1.78 bits per heavy atom. The zero-order valence-corrected chi connectivity index (χ0v) is 21.7. The summed E-state index contributed by atoms with van der Waals surface area (Å²) in [5, 5.41) is 22.1. The van der Waals surface area contributed by atoms with E-state index in [0.29, 0.717) is 29.8 Å². The van der Waals surface area contributed by atoms with E-state index in [1.807, 2.05) is 37.3 Å². The number of rotatable bonds is 10. The highest BCUT2D eigenvalue weighted by molar-refractivity contribution is 14.1. The maximum absolute atomic E-state index is 12.9. The monoisotopic (exact) mass is 602 g/mol. The zero-order chi connectivity index (χ0) is 25.9. The molecular formula is C27H27IN2O6. The van der Waals surface area contributed by atoms with E-state index in [1.54, 1.807) is 42.5 Å². The number of allylic oxidation sites excluding steroid dienone is 1. The molecule has 2 amide bonds. The molecule has 0 heterocycles. The van der Waals surface area contributed by atoms with Crippen LogP contribution in [0.25, 0.3) is 0 Å². The van der Waals surface area contributed by atoms with Crippen molar-refractivity contribution in [2.75, 3.05) is 5.32 Å². The molecule has 0 fully saturated rings. The number of aryl methyl sites for hydroxylation is 1. The number of hydroxylamine groups is 1. The van der Waals surface area contributed by atoms with Gasteiger partial charge in [0.2, 0.25) is 0 Å². The van der Waals surface area contributed by atoms with Gasteiger partial charge < -0.3 is 14.6 Å². The van der Waals surface area contributed by atoms with Crippen molar-refractivity contribution in [2.45, 2.75) is 32.0 Å². The molecule has 0 aromatic heterocycles. The van der Waals surface area contributed by atoms with Crippen LogP contribution in [0.5, 0.6) is 11.5 Å². The van der Waals surface area contributed by atoms with E-state index in [1.165, 1.54) is 17.6 Å². The first-order chi connectivity index (χ1) is 17.4. The molecule has 0 radical (unpaired) electrons. The normalized spacial score (nSPS) is 12.5. The maximum Gasteiger partial charge on any atom is 0.412 e. The molecule has 8 nitrogen and oxygen atoms in total. The number of anilines is 1. The lowest BCUT2D eigenvalue weighted by Gasteiger charge is -2.28. The van der Waals surface area contributed by atoms with Crippen LogP contribution in [-0.4, -0.2) is 28.4 Å². The number of phenols is 1. The highest BCUT2D eigenvalue weighted by Gasteiger charge is 2.31. The van der Waals surface area contributed by atoms with Crippen LogP contribution in [0.4, 0.5) is 10.5 Å². The molecule has 3 aromatic rings. The van der Waals surface area contributed by atoms with Gasteiger partial charge >= 0.3 is 6.09 Å². The third kappa shape index (κ3) is 8.28. The van der Waals surface area contributed by atoms with Crippen LogP contribution >= 0.6 is 22.6 Å². The molecular weight excluding hydrogens is 575 g/mol. The van der Waals surface area contributed by atoms with E-state index in [4.69, 9.17) is 14.7 Å². The topological polar surface area (TPSA) is 117 Å². The van der Waals surface area contributed by atoms with E-state index in [9.17, 15) is 14.7 Å². The molecule has 3 rings (SSSR count). The second-order valence-electron chi connectivity index (χ2n) is 7.95. The van der Waals surface area contributed by atoms with E-state index in [0.717, 1.165) is 9.13 Å². The van der Waals surface area contributed by atoms with Gasteiger partial charge in [0.25, 0.3) is 5.91 Å². The molecule has 0 saturated carbocycles. The number of nitrogens with one attached hydrogen (secondary N) is 2. The van der Waals surface area contributed by atoms with E-state index in [2.05, 4.69) is 27.9 Å². The lowest BCUT2D eigenvalue weighted by Crippen LogP contribution is -2.31. The second-order valence-corrected chi connectivity index (χ2v) is 9.19. The van der Waals surface area contributed by atoms with Gasteiger partial charge in [-0.25, -0.2) is 10.3 Å². The van der Waals surface area contributed by atoms with Crippen molar-refractivity contribution in [3.63, 3.8) is 0 Å². The Labute approximate surface area is 223 Å². The van der Waals surface area contributed by atoms with Gasteiger partial charge in [-0.05, 0) is 84.8 Å². The number of ether oxygens (including phenoxy) is 2. The Morgan fingerprint density at radius 1 is 1.06 bits per heavy atom. The molecule has 0 aliphatic rings. The van der Waals surface area contributed by atoms with Gasteiger partial charge in [-0.2, -0.15) is 0 Å². The number of hydrogen-bond acceptors (Lipinski definition) is 6. The number of halogens is 1. The molecule has 0 unspecified atom stereocenters. The van der Waals surface area contributed by atoms with Gasteiger partial charge in [-0.1, -0.05) is 42.0 Å². The third-order valence-corrected chi connectivity index (χ3v) is 5.86. The summed E-state index contributed by atoms with van der Waals surface area (Å²) >= 11 is 2.12. The molecule has 4 N–H and O–H groups in total. The Bertz CT molecular complexity index is 1180. The molecule has 0 aliphatic carbocycles. The summed E-state index contributed by atoms with van der Waals surface area (Å²) in [4.78, 5) is 24.3. The van der Waals surface area contributed by atoms with Crippen LogP contribution in [0, 0.1) is 10.5 Å². The Hall–Kier alpha value is -3.57. The average molecular weight is 602 g/mol. The largest absolute Gasteiger partial charge is 0.508 e. The first kappa shape index (κ1) is 27.0. The molecule has 9 heteroatoms. The Kier molecular flexibility index (Phi) is 10.1. The SMILES string of the molecule is Cc1ccc(NC(=O)O[C@@H](c2cc(I)ccc2O)[C@H](CC/C=C/C(=O)NO)Oc2ccccc2)cc1. The van der Waals surface area contributed by atoms with E-state index < -0.39 is 24.2 Å². The highest BCUT2D eigenvalue weighted by atomic mass is 127. The van der Waals surface area contributed by atoms with Crippen molar-refractivity contribution >= 4 is 40.3 Å². The maximum atomic E-state index is 12.9. The summed E-state index contributed by atoms with van der Waals surface area (Å²) in [5.41, 5.74) is 3.54. The van der Waals surface area contributed by atoms with Gasteiger partial charge in [-0.15, -0.1) is 0 Å². The predicted molar refractivity (Wildman–Crippen MR) is 144 cm³/mol. The first-order valence-electron chi connectivity index (χ1n) is 11.2. The van der Waals surface area contributed by atoms with Crippen LogP contribution < -0.4 is 15.5 Å². The number of phenolic OH excluding ortho intramolecular Hbond substituents is 1. The minimum Gasteiger partial charge on any atom is -0.508 e. The fourth-order valence-electron chi connectivity index (χ4n) is 3.43. The summed E-state index contributed by atoms with van der Waals surface area (Å²) in [6.45, 7) is 1.95. The number of amides is 2. The minimum atomic E-state index is -0.981. The molecule has 188 valence electrons. The van der Waals surface area contributed by atoms with Crippen LogP contribution in [0.3, 0.4) is 0 Å². The summed E-state index contributed by atoms with van der Waals surface area (Å²) in [5.74, 6) is -0.145. The van der Waals surface area contributed by atoms with E-state index >= 15 is 0 Å². The van der Waals surface area contributed by atoms with Crippen molar-refractivity contribution in [2.24, 2.45) is 0 Å². The van der Waals surface area contributed by atoms with Crippen LogP contribution in [0.15, 0.2) is 84.9 Å². The van der Waals surface area contributed by atoms with Crippen LogP contribution in [0.2, 0.25) is 0 Å². The van der Waals surface area contributed by atoms with Crippen LogP contribution in [0.1, 0.15) is 30.1 Å². The number of para-hydroxylation sites is 1. The zero-order valence-electron chi connectivity index (χ0n) is 19.6. The molecule has 0 saturated heterocycles. The number of hydrogen-bond donors (Lipinski definition) is 4. The summed E-state index contributed by atoms with van der Waals surface area (Å²) < 4.78 is 12.9. The fourth-order valence-corrected chi connectivity index (χ4v) is 3.94. The molecule has 0 bridgehead atoms. The summed E-state index contributed by atoms with van der Waals surface area (Å²) in [6, 6.07) is 21.3. The van der Waals surface area contributed by atoms with Gasteiger partial charge in [-0.3, -0.25) is 15.3 Å². The number of carbonyl (C=O) groups is 2. The predicted octanol–water partition coefficient (Wildman–Crippen LogP) is 5.88. The van der Waals surface area contributed by atoms with Crippen molar-refractivity contribution in [3.05, 3.63) is 99.6 Å². The average Bonchev–Trinajstić information content (AvgIpc) is 2.88. The minimum absolute atomic E-state index is 0.0413. The standard InChI is InChI=1S/C27H27IN2O6/c1-18-11-14-20(15-12-18)29-27(33)36-26(22-17-19(28)13-16-23(22)31)24(9-5-6-10-25(32)30-34)35-21-7-3-2-4-8-21/h2-4,6-8,10-17,24,26,31,34H,5,9H2,1H3,(H,29,33)(H,30,32)/b10-6+/t24-,26-/m0/s1. The first-order valence-corrected chi connectivity index (χ1v) is 12.3. The molecule has 3 aromatic carbocycles. The number of benzene rings is 3. The van der Waals surface area contributed by atoms with Crippen molar-refractivity contribution in [1.82, 2.24) is 5.48 Å². The number of carbonyl (C=O) groups excluding carboxylic acids is 2. The molecule has 2 atom stereocenters. The van der Waals surface area contributed by atoms with E-state index in [-0.39, 0.29) is 5.75 Å². The fraction of sp³-hybridized carbons (Fsp3) is 0.185. The number of aromatic hydroxyl groups is 1. The summed E-state index contributed by atoms with van der Waals surface area (Å²) in [6.07, 6.45) is 1.06. The second kappa shape index (κ2) is 13.5. The molecule has 0 spiro atoms. The van der Waals surface area contributed by atoms with Gasteiger partial charge in [0.15, 0.2) is 6.10 Å². The van der Waals surface area contributed by atoms with Gasteiger partial charge in [0, 0.05) is 20.9 Å². The lowest BCUT2D eigenvalue weighted by molar-refractivity contribution is -0.124. The Morgan fingerprint density at radius 3 is 2.47 bits per heavy atom. The van der Waals surface area contributed by atoms with Crippen LogP contribution in [-0.2, 0) is 9.53 Å². The van der Waals surface area contributed by atoms with Gasteiger partial charge in [0.05, 0.1) is 0 Å². The Balaban J connectivity index is 1.91. The van der Waals surface area contributed by atoms with Crippen molar-refractivity contribution in [3.8, 4) is 11.5 Å².